The van der Waals surface area contributed by atoms with Crippen molar-refractivity contribution in [2.45, 2.75) is 38.5 Å². The fourth-order valence-electron chi connectivity index (χ4n) is 2.70. The van der Waals surface area contributed by atoms with E-state index >= 15 is 0 Å². The molecule has 2 rings (SSSR count). The highest BCUT2D eigenvalue weighted by atomic mass is 16.5. The first-order valence-electron chi connectivity index (χ1n) is 7.19. The van der Waals surface area contributed by atoms with Gasteiger partial charge in [-0.1, -0.05) is 30.3 Å². The molecule has 0 bridgehead atoms. The lowest BCUT2D eigenvalue weighted by Crippen LogP contribution is -2.43. The molecule has 4 nitrogen and oxygen atoms in total. The van der Waals surface area contributed by atoms with Crippen molar-refractivity contribution >= 4 is 5.97 Å². The lowest BCUT2D eigenvalue weighted by atomic mass is 9.96. The number of ether oxygens (including phenoxy) is 2. The minimum absolute atomic E-state index is 0.124. The summed E-state index contributed by atoms with van der Waals surface area (Å²) in [5, 5.41) is 3.38. The van der Waals surface area contributed by atoms with E-state index in [4.69, 9.17) is 9.47 Å². The largest absolute Gasteiger partial charge is 0.461 e. The second-order valence-corrected chi connectivity index (χ2v) is 5.29. The number of carbonyl (C=O) groups excluding carboxylic acids is 1. The Bertz CT molecular complexity index is 415. The molecule has 0 aromatic heterocycles. The molecule has 0 saturated carbocycles. The third-order valence-electron chi connectivity index (χ3n) is 3.86. The van der Waals surface area contributed by atoms with Crippen molar-refractivity contribution in [2.24, 2.45) is 5.92 Å². The van der Waals surface area contributed by atoms with Crippen molar-refractivity contribution in [3.63, 3.8) is 0 Å². The van der Waals surface area contributed by atoms with Gasteiger partial charge in [-0.05, 0) is 31.9 Å². The summed E-state index contributed by atoms with van der Waals surface area (Å²) in [6.07, 6.45) is 2.06. The highest BCUT2D eigenvalue weighted by Gasteiger charge is 2.33. The number of esters is 1. The SMILES string of the molecule is CO[C@H](C(C)C(=O)OCc1ccccc1)[C@@H]1CCCN1. The van der Waals surface area contributed by atoms with Gasteiger partial charge in [-0.15, -0.1) is 0 Å². The molecular weight excluding hydrogens is 254 g/mol. The summed E-state index contributed by atoms with van der Waals surface area (Å²) < 4.78 is 10.9. The van der Waals surface area contributed by atoms with E-state index in [0.717, 1.165) is 24.9 Å². The Labute approximate surface area is 120 Å². The average Bonchev–Trinajstić information content (AvgIpc) is 3.00. The van der Waals surface area contributed by atoms with Gasteiger partial charge in [0, 0.05) is 13.2 Å². The van der Waals surface area contributed by atoms with Gasteiger partial charge in [0.1, 0.15) is 6.61 Å². The van der Waals surface area contributed by atoms with E-state index in [0.29, 0.717) is 6.61 Å². The van der Waals surface area contributed by atoms with Crippen LogP contribution in [0.1, 0.15) is 25.3 Å². The van der Waals surface area contributed by atoms with Gasteiger partial charge in [0.05, 0.1) is 12.0 Å². The van der Waals surface area contributed by atoms with Crippen LogP contribution in [0.25, 0.3) is 0 Å². The second kappa shape index (κ2) is 7.41. The molecule has 110 valence electrons. The fraction of sp³-hybridized carbons (Fsp3) is 0.562. The Morgan fingerprint density at radius 3 is 2.75 bits per heavy atom. The number of carbonyl (C=O) groups is 1. The minimum atomic E-state index is -0.265. The zero-order valence-electron chi connectivity index (χ0n) is 12.2. The molecule has 1 heterocycles. The standard InChI is InChI=1S/C16H23NO3/c1-12(15(19-2)14-9-6-10-17-14)16(18)20-11-13-7-4-3-5-8-13/h3-5,7-8,12,14-15,17H,6,9-11H2,1-2H3/t12?,14-,15+/m0/s1. The lowest BCUT2D eigenvalue weighted by Gasteiger charge is -2.26. The van der Waals surface area contributed by atoms with Gasteiger partial charge >= 0.3 is 5.97 Å². The van der Waals surface area contributed by atoms with Gasteiger partial charge in [-0.2, -0.15) is 0 Å². The normalized spacial score (nSPS) is 21.4. The molecule has 1 unspecified atom stereocenters. The molecule has 4 heteroatoms. The maximum atomic E-state index is 12.1. The van der Waals surface area contributed by atoms with Crippen LogP contribution in [0.4, 0.5) is 0 Å². The van der Waals surface area contributed by atoms with Crippen molar-refractivity contribution in [3.05, 3.63) is 35.9 Å². The van der Waals surface area contributed by atoms with E-state index in [-0.39, 0.29) is 24.0 Å². The van der Waals surface area contributed by atoms with Crippen molar-refractivity contribution in [2.75, 3.05) is 13.7 Å². The number of benzene rings is 1. The number of hydrogen-bond donors (Lipinski definition) is 1. The summed E-state index contributed by atoms with van der Waals surface area (Å²) in [4.78, 5) is 12.1. The van der Waals surface area contributed by atoms with Crippen molar-refractivity contribution in [1.29, 1.82) is 0 Å². The Morgan fingerprint density at radius 2 is 2.15 bits per heavy atom. The van der Waals surface area contributed by atoms with E-state index in [2.05, 4.69) is 5.32 Å². The number of hydrogen-bond acceptors (Lipinski definition) is 4. The molecule has 1 aromatic carbocycles. The average molecular weight is 277 g/mol. The molecule has 0 aliphatic carbocycles. The van der Waals surface area contributed by atoms with Crippen LogP contribution in [0.3, 0.4) is 0 Å². The van der Waals surface area contributed by atoms with Crippen LogP contribution in [0, 0.1) is 5.92 Å². The van der Waals surface area contributed by atoms with Gasteiger partial charge in [0.15, 0.2) is 0 Å². The second-order valence-electron chi connectivity index (χ2n) is 5.29. The summed E-state index contributed by atoms with van der Waals surface area (Å²) >= 11 is 0. The summed E-state index contributed by atoms with van der Waals surface area (Å²) in [5.74, 6) is -0.464. The monoisotopic (exact) mass is 277 g/mol. The Hall–Kier alpha value is -1.39. The van der Waals surface area contributed by atoms with Gasteiger partial charge in [-0.3, -0.25) is 4.79 Å². The first-order chi connectivity index (χ1) is 9.72. The maximum Gasteiger partial charge on any atom is 0.311 e. The predicted octanol–water partition coefficient (Wildman–Crippen LogP) is 2.13. The highest BCUT2D eigenvalue weighted by molar-refractivity contribution is 5.72. The van der Waals surface area contributed by atoms with Crippen molar-refractivity contribution in [3.8, 4) is 0 Å². The maximum absolute atomic E-state index is 12.1. The van der Waals surface area contributed by atoms with Gasteiger partial charge in [-0.25, -0.2) is 0 Å². The molecule has 1 aliphatic rings. The zero-order valence-corrected chi connectivity index (χ0v) is 12.2. The summed E-state index contributed by atoms with van der Waals surface area (Å²) in [5.41, 5.74) is 1.00. The van der Waals surface area contributed by atoms with Crippen LogP contribution in [0.5, 0.6) is 0 Å². The first-order valence-corrected chi connectivity index (χ1v) is 7.19. The molecule has 0 radical (unpaired) electrons. The Balaban J connectivity index is 1.86. The molecule has 1 saturated heterocycles. The molecule has 1 aromatic rings. The van der Waals surface area contributed by atoms with E-state index < -0.39 is 0 Å². The summed E-state index contributed by atoms with van der Waals surface area (Å²) in [6.45, 7) is 3.19. The fourth-order valence-corrected chi connectivity index (χ4v) is 2.70. The van der Waals surface area contributed by atoms with Crippen molar-refractivity contribution in [1.82, 2.24) is 5.32 Å². The van der Waals surface area contributed by atoms with E-state index in [1.54, 1.807) is 7.11 Å². The van der Waals surface area contributed by atoms with E-state index in [1.165, 1.54) is 0 Å². The Kier molecular flexibility index (Phi) is 5.56. The zero-order chi connectivity index (χ0) is 14.4. The van der Waals surface area contributed by atoms with Crippen LogP contribution in [0.2, 0.25) is 0 Å². The highest BCUT2D eigenvalue weighted by Crippen LogP contribution is 2.20. The molecule has 1 N–H and O–H groups in total. The minimum Gasteiger partial charge on any atom is -0.461 e. The molecule has 0 spiro atoms. The van der Waals surface area contributed by atoms with E-state index in [9.17, 15) is 4.79 Å². The van der Waals surface area contributed by atoms with Crippen LogP contribution < -0.4 is 5.32 Å². The van der Waals surface area contributed by atoms with Crippen LogP contribution in [0.15, 0.2) is 30.3 Å². The summed E-state index contributed by atoms with van der Waals surface area (Å²) in [7, 11) is 1.66. The van der Waals surface area contributed by atoms with Gasteiger partial charge in [0.2, 0.25) is 0 Å². The Morgan fingerprint density at radius 1 is 1.40 bits per heavy atom. The smallest absolute Gasteiger partial charge is 0.311 e. The molecule has 0 amide bonds. The number of nitrogens with one attached hydrogen (secondary N) is 1. The molecule has 1 aliphatic heterocycles. The van der Waals surface area contributed by atoms with Gasteiger partial charge in [0.25, 0.3) is 0 Å². The quantitative estimate of drug-likeness (QED) is 0.809. The number of methoxy groups -OCH3 is 1. The third kappa shape index (κ3) is 3.81. The number of rotatable bonds is 6. The third-order valence-corrected chi connectivity index (χ3v) is 3.86. The molecule has 1 fully saturated rings. The van der Waals surface area contributed by atoms with Crippen LogP contribution in [-0.2, 0) is 20.9 Å². The summed E-state index contributed by atoms with van der Waals surface area (Å²) in [6, 6.07) is 9.97. The van der Waals surface area contributed by atoms with Crippen LogP contribution >= 0.6 is 0 Å². The van der Waals surface area contributed by atoms with Crippen molar-refractivity contribution < 1.29 is 14.3 Å². The molecule has 20 heavy (non-hydrogen) atoms. The molecular formula is C16H23NO3. The van der Waals surface area contributed by atoms with Crippen LogP contribution in [-0.4, -0.2) is 31.8 Å². The predicted molar refractivity (Wildman–Crippen MR) is 77.2 cm³/mol. The topological polar surface area (TPSA) is 47.6 Å². The van der Waals surface area contributed by atoms with Gasteiger partial charge < -0.3 is 14.8 Å². The lowest BCUT2D eigenvalue weighted by molar-refractivity contribution is -0.154. The molecule has 3 atom stereocenters. The first kappa shape index (κ1) is 15.0. The van der Waals surface area contributed by atoms with E-state index in [1.807, 2.05) is 37.3 Å².